The number of carbonyl (C=O) groups excluding carboxylic acids is 1. The second kappa shape index (κ2) is 4.28. The largest absolute Gasteiger partial charge is 0.322 e. The van der Waals surface area contributed by atoms with Crippen molar-refractivity contribution in [1.29, 1.82) is 0 Å². The average Bonchev–Trinajstić information content (AvgIpc) is 2.79. The van der Waals surface area contributed by atoms with E-state index < -0.39 is 23.4 Å². The van der Waals surface area contributed by atoms with E-state index in [0.717, 1.165) is 0 Å². The molecule has 0 aliphatic carbocycles. The van der Waals surface area contributed by atoms with Crippen LogP contribution in [0.4, 0.5) is 18.9 Å². The van der Waals surface area contributed by atoms with E-state index in [9.17, 15) is 18.0 Å². The number of halogens is 3. The van der Waals surface area contributed by atoms with Crippen molar-refractivity contribution >= 4 is 11.6 Å². The minimum absolute atomic E-state index is 0.174. The molecule has 1 heterocycles. The van der Waals surface area contributed by atoms with Gasteiger partial charge in [-0.1, -0.05) is 0 Å². The molecule has 0 aliphatic rings. The SMILES string of the molecule is O=C(Nc1cc(F)c(F)c(F)c1)c1cn[nH]c1. The zero-order chi connectivity index (χ0) is 12.4. The van der Waals surface area contributed by atoms with Crippen LogP contribution in [-0.2, 0) is 0 Å². The number of aromatic nitrogens is 2. The molecule has 2 N–H and O–H groups in total. The molecule has 0 fully saturated rings. The molecule has 0 bridgehead atoms. The van der Waals surface area contributed by atoms with E-state index in [1.54, 1.807) is 0 Å². The van der Waals surface area contributed by atoms with Crippen LogP contribution < -0.4 is 5.32 Å². The number of amides is 1. The first-order valence-electron chi connectivity index (χ1n) is 4.52. The Balaban J connectivity index is 2.22. The number of hydrogen-bond acceptors (Lipinski definition) is 2. The lowest BCUT2D eigenvalue weighted by molar-refractivity contribution is 0.102. The maximum absolute atomic E-state index is 12.8. The van der Waals surface area contributed by atoms with Crippen molar-refractivity contribution in [3.8, 4) is 0 Å². The van der Waals surface area contributed by atoms with Gasteiger partial charge >= 0.3 is 0 Å². The van der Waals surface area contributed by atoms with Crippen molar-refractivity contribution < 1.29 is 18.0 Å². The molecular weight excluding hydrogens is 235 g/mol. The van der Waals surface area contributed by atoms with Crippen LogP contribution in [0.25, 0.3) is 0 Å². The van der Waals surface area contributed by atoms with Gasteiger partial charge in [-0.2, -0.15) is 5.10 Å². The van der Waals surface area contributed by atoms with Crippen molar-refractivity contribution in [3.05, 3.63) is 47.5 Å². The Morgan fingerprint density at radius 3 is 2.41 bits per heavy atom. The average molecular weight is 241 g/mol. The van der Waals surface area contributed by atoms with Gasteiger partial charge in [0.2, 0.25) is 0 Å². The Hall–Kier alpha value is -2.31. The van der Waals surface area contributed by atoms with E-state index in [1.807, 2.05) is 0 Å². The zero-order valence-electron chi connectivity index (χ0n) is 8.30. The maximum atomic E-state index is 12.8. The monoisotopic (exact) mass is 241 g/mol. The van der Waals surface area contributed by atoms with Crippen LogP contribution in [0.3, 0.4) is 0 Å². The summed E-state index contributed by atoms with van der Waals surface area (Å²) in [4.78, 5) is 11.5. The van der Waals surface area contributed by atoms with Gasteiger partial charge in [-0.15, -0.1) is 0 Å². The number of aromatic amines is 1. The molecule has 0 radical (unpaired) electrons. The van der Waals surface area contributed by atoms with Crippen LogP contribution in [0.1, 0.15) is 10.4 Å². The summed E-state index contributed by atoms with van der Waals surface area (Å²) in [6.07, 6.45) is 2.55. The smallest absolute Gasteiger partial charge is 0.258 e. The molecule has 4 nitrogen and oxygen atoms in total. The summed E-state index contributed by atoms with van der Waals surface area (Å²) in [5.74, 6) is -4.92. The minimum atomic E-state index is -1.58. The molecule has 1 aromatic heterocycles. The second-order valence-corrected chi connectivity index (χ2v) is 3.19. The van der Waals surface area contributed by atoms with E-state index >= 15 is 0 Å². The molecule has 0 aliphatic heterocycles. The van der Waals surface area contributed by atoms with Crippen LogP contribution >= 0.6 is 0 Å². The molecule has 2 rings (SSSR count). The summed E-state index contributed by atoms with van der Waals surface area (Å²) in [6.45, 7) is 0. The van der Waals surface area contributed by atoms with Crippen LogP contribution in [-0.4, -0.2) is 16.1 Å². The van der Waals surface area contributed by atoms with Gasteiger partial charge in [0.25, 0.3) is 5.91 Å². The van der Waals surface area contributed by atoms with Gasteiger partial charge in [0.15, 0.2) is 17.5 Å². The van der Waals surface area contributed by atoms with Crippen LogP contribution in [0, 0.1) is 17.5 Å². The highest BCUT2D eigenvalue weighted by Crippen LogP contribution is 2.17. The number of hydrogen-bond donors (Lipinski definition) is 2. The number of H-pyrrole nitrogens is 1. The van der Waals surface area contributed by atoms with Crippen molar-refractivity contribution in [2.45, 2.75) is 0 Å². The fourth-order valence-corrected chi connectivity index (χ4v) is 1.21. The van der Waals surface area contributed by atoms with E-state index in [0.29, 0.717) is 12.1 Å². The molecule has 1 aromatic carbocycles. The highest BCUT2D eigenvalue weighted by molar-refractivity contribution is 6.03. The second-order valence-electron chi connectivity index (χ2n) is 3.19. The van der Waals surface area contributed by atoms with Crippen molar-refractivity contribution in [3.63, 3.8) is 0 Å². The lowest BCUT2D eigenvalue weighted by atomic mass is 10.2. The van der Waals surface area contributed by atoms with Gasteiger partial charge in [0, 0.05) is 24.0 Å². The van der Waals surface area contributed by atoms with Crippen LogP contribution in [0.2, 0.25) is 0 Å². The number of nitrogens with one attached hydrogen (secondary N) is 2. The summed E-state index contributed by atoms with van der Waals surface area (Å²) >= 11 is 0. The quantitative estimate of drug-likeness (QED) is 0.791. The predicted molar refractivity (Wildman–Crippen MR) is 52.9 cm³/mol. The molecule has 88 valence electrons. The number of anilines is 1. The fourth-order valence-electron chi connectivity index (χ4n) is 1.21. The lowest BCUT2D eigenvalue weighted by Gasteiger charge is -2.04. The number of nitrogens with zero attached hydrogens (tertiary/aromatic N) is 1. The standard InChI is InChI=1S/C10H6F3N3O/c11-7-1-6(2-8(12)9(7)13)16-10(17)5-3-14-15-4-5/h1-4H,(H,14,15)(H,16,17). The molecule has 0 saturated heterocycles. The molecule has 0 saturated carbocycles. The molecular formula is C10H6F3N3O. The Kier molecular flexibility index (Phi) is 2.82. The van der Waals surface area contributed by atoms with Crippen molar-refractivity contribution in [2.75, 3.05) is 5.32 Å². The predicted octanol–water partition coefficient (Wildman–Crippen LogP) is 2.08. The Labute approximate surface area is 93.5 Å². The van der Waals surface area contributed by atoms with Gasteiger partial charge in [-0.3, -0.25) is 9.89 Å². The normalized spacial score (nSPS) is 10.3. The van der Waals surface area contributed by atoms with E-state index in [-0.39, 0.29) is 11.3 Å². The third-order valence-corrected chi connectivity index (χ3v) is 2.00. The number of rotatable bonds is 2. The van der Waals surface area contributed by atoms with Crippen LogP contribution in [0.5, 0.6) is 0 Å². The molecule has 0 spiro atoms. The number of benzene rings is 1. The molecule has 17 heavy (non-hydrogen) atoms. The third kappa shape index (κ3) is 2.27. The third-order valence-electron chi connectivity index (χ3n) is 2.00. The van der Waals surface area contributed by atoms with E-state index in [2.05, 4.69) is 15.5 Å². The topological polar surface area (TPSA) is 57.8 Å². The Bertz CT molecular complexity index is 531. The summed E-state index contributed by atoms with van der Waals surface area (Å²) in [7, 11) is 0. The maximum Gasteiger partial charge on any atom is 0.258 e. The molecule has 0 atom stereocenters. The van der Waals surface area contributed by atoms with Crippen molar-refractivity contribution in [1.82, 2.24) is 10.2 Å². The lowest BCUT2D eigenvalue weighted by Crippen LogP contribution is -2.11. The molecule has 7 heteroatoms. The minimum Gasteiger partial charge on any atom is -0.322 e. The Morgan fingerprint density at radius 2 is 1.88 bits per heavy atom. The van der Waals surface area contributed by atoms with Gasteiger partial charge in [-0.05, 0) is 0 Å². The first-order chi connectivity index (χ1) is 8.08. The summed E-state index contributed by atoms with van der Waals surface area (Å²) in [6, 6.07) is 1.38. The first kappa shape index (κ1) is 11.2. The van der Waals surface area contributed by atoms with Gasteiger partial charge < -0.3 is 5.32 Å². The van der Waals surface area contributed by atoms with Crippen molar-refractivity contribution in [2.24, 2.45) is 0 Å². The van der Waals surface area contributed by atoms with Crippen LogP contribution in [0.15, 0.2) is 24.5 Å². The molecule has 1 amide bonds. The molecule has 2 aromatic rings. The fraction of sp³-hybridized carbons (Fsp3) is 0. The van der Waals surface area contributed by atoms with Gasteiger partial charge in [0.1, 0.15) is 0 Å². The van der Waals surface area contributed by atoms with E-state index in [1.165, 1.54) is 12.4 Å². The molecule has 0 unspecified atom stereocenters. The zero-order valence-corrected chi connectivity index (χ0v) is 8.30. The number of carbonyl (C=O) groups is 1. The highest BCUT2D eigenvalue weighted by Gasteiger charge is 2.13. The summed E-state index contributed by atoms with van der Waals surface area (Å²) < 4.78 is 38.3. The van der Waals surface area contributed by atoms with Gasteiger partial charge in [-0.25, -0.2) is 13.2 Å². The van der Waals surface area contributed by atoms with Gasteiger partial charge in [0.05, 0.1) is 11.8 Å². The summed E-state index contributed by atoms with van der Waals surface area (Å²) in [5, 5.41) is 8.16. The first-order valence-corrected chi connectivity index (χ1v) is 4.52. The highest BCUT2D eigenvalue weighted by atomic mass is 19.2. The Morgan fingerprint density at radius 1 is 1.24 bits per heavy atom. The summed E-state index contributed by atoms with van der Waals surface area (Å²) in [5.41, 5.74) is 0.0164. The van der Waals surface area contributed by atoms with E-state index in [4.69, 9.17) is 0 Å².